The molecule has 0 heterocycles. The van der Waals surface area contributed by atoms with Gasteiger partial charge in [0.15, 0.2) is 11.5 Å². The third-order valence-corrected chi connectivity index (χ3v) is 6.05. The summed E-state index contributed by atoms with van der Waals surface area (Å²) in [5.74, 6) is 2.51. The minimum Gasteiger partial charge on any atom is -0.490 e. The summed E-state index contributed by atoms with van der Waals surface area (Å²) < 4.78 is 18.9. The van der Waals surface area contributed by atoms with E-state index in [0.29, 0.717) is 0 Å². The van der Waals surface area contributed by atoms with E-state index in [-0.39, 0.29) is 0 Å². The summed E-state index contributed by atoms with van der Waals surface area (Å²) in [5, 5.41) is 0. The first-order valence-electron chi connectivity index (χ1n) is 14.1. The van der Waals surface area contributed by atoms with Gasteiger partial charge in [0.1, 0.15) is 0 Å². The van der Waals surface area contributed by atoms with Gasteiger partial charge < -0.3 is 14.2 Å². The maximum Gasteiger partial charge on any atom is 0.203 e. The molecule has 1 rings (SSSR count). The van der Waals surface area contributed by atoms with Crippen LogP contribution in [0.4, 0.5) is 0 Å². The summed E-state index contributed by atoms with van der Waals surface area (Å²) in [5.41, 5.74) is 1.22. The molecular weight excluding hydrogens is 408 g/mol. The first-order chi connectivity index (χ1) is 16.3. The second-order valence-electron chi connectivity index (χ2n) is 9.31. The van der Waals surface area contributed by atoms with E-state index < -0.39 is 0 Å². The quantitative estimate of drug-likeness (QED) is 0.152. The number of benzene rings is 1. The standard InChI is InChI=1S/C30H53O3/c1-5-9-12-15-18-22-31-28-25-27(21-8-4)26-29(32-23-19-16-13-10-6-2)30(28)33-24-20-17-14-11-7-3/h25-26H,4-24H2,1-3H3. The van der Waals surface area contributed by atoms with Gasteiger partial charge in [-0.1, -0.05) is 105 Å². The molecule has 0 aliphatic carbocycles. The van der Waals surface area contributed by atoms with Crippen LogP contribution in [0.3, 0.4) is 0 Å². The van der Waals surface area contributed by atoms with Gasteiger partial charge in [0.2, 0.25) is 5.75 Å². The van der Waals surface area contributed by atoms with Gasteiger partial charge in [0.25, 0.3) is 0 Å². The van der Waals surface area contributed by atoms with Gasteiger partial charge in [-0.25, -0.2) is 0 Å². The monoisotopic (exact) mass is 461 g/mol. The summed E-state index contributed by atoms with van der Waals surface area (Å²) in [6, 6.07) is 4.30. The highest BCUT2D eigenvalue weighted by molar-refractivity contribution is 5.54. The maximum atomic E-state index is 6.31. The molecule has 1 aromatic carbocycles. The SMILES string of the molecule is [CH2]CCc1cc(OCCCCCCC)c(OCCCCCCC)c(OCCCCCCC)c1. The molecule has 1 radical (unpaired) electrons. The molecule has 0 spiro atoms. The molecule has 0 bridgehead atoms. The summed E-state index contributed by atoms with van der Waals surface area (Å²) in [7, 11) is 0. The van der Waals surface area contributed by atoms with Crippen molar-refractivity contribution in [2.45, 2.75) is 130 Å². The minimum atomic E-state index is 0.720. The Hall–Kier alpha value is -1.38. The van der Waals surface area contributed by atoms with Crippen LogP contribution in [-0.4, -0.2) is 19.8 Å². The number of aryl methyl sites for hydroxylation is 1. The molecule has 0 aliphatic heterocycles. The van der Waals surface area contributed by atoms with Crippen molar-refractivity contribution in [2.75, 3.05) is 19.8 Å². The molecule has 0 aliphatic rings. The van der Waals surface area contributed by atoms with Crippen molar-refractivity contribution in [3.8, 4) is 17.2 Å². The zero-order valence-corrected chi connectivity index (χ0v) is 22.2. The van der Waals surface area contributed by atoms with Crippen LogP contribution in [0, 0.1) is 6.92 Å². The second kappa shape index (κ2) is 21.2. The fourth-order valence-electron chi connectivity index (χ4n) is 3.99. The van der Waals surface area contributed by atoms with Crippen molar-refractivity contribution < 1.29 is 14.2 Å². The Labute approximate surface area is 206 Å². The Morgan fingerprint density at radius 1 is 0.545 bits per heavy atom. The molecule has 3 nitrogen and oxygen atoms in total. The molecule has 0 amide bonds. The molecular formula is C30H53O3. The first-order valence-corrected chi connectivity index (χ1v) is 14.1. The van der Waals surface area contributed by atoms with Gasteiger partial charge in [0.05, 0.1) is 19.8 Å². The third-order valence-electron chi connectivity index (χ3n) is 6.05. The summed E-state index contributed by atoms with van der Waals surface area (Å²) in [4.78, 5) is 0. The van der Waals surface area contributed by atoms with Crippen molar-refractivity contribution in [1.82, 2.24) is 0 Å². The molecule has 0 aromatic heterocycles. The zero-order valence-electron chi connectivity index (χ0n) is 22.2. The number of ether oxygens (including phenoxy) is 3. The number of hydrogen-bond acceptors (Lipinski definition) is 3. The number of unbranched alkanes of at least 4 members (excludes halogenated alkanes) is 12. The van der Waals surface area contributed by atoms with Crippen molar-refractivity contribution in [3.63, 3.8) is 0 Å². The first kappa shape index (κ1) is 29.7. The lowest BCUT2D eigenvalue weighted by Gasteiger charge is -2.19. The predicted octanol–water partition coefficient (Wildman–Crippen LogP) is 9.50. The largest absolute Gasteiger partial charge is 0.490 e. The average molecular weight is 462 g/mol. The normalized spacial score (nSPS) is 11.0. The topological polar surface area (TPSA) is 27.7 Å². The number of rotatable bonds is 23. The van der Waals surface area contributed by atoms with Crippen LogP contribution < -0.4 is 14.2 Å². The van der Waals surface area contributed by atoms with E-state index in [4.69, 9.17) is 14.2 Å². The van der Waals surface area contributed by atoms with Crippen LogP contribution >= 0.6 is 0 Å². The highest BCUT2D eigenvalue weighted by atomic mass is 16.5. The van der Waals surface area contributed by atoms with Gasteiger partial charge in [-0.05, 0) is 49.8 Å². The van der Waals surface area contributed by atoms with Crippen LogP contribution in [0.25, 0.3) is 0 Å². The lowest BCUT2D eigenvalue weighted by atomic mass is 10.1. The van der Waals surface area contributed by atoms with Crippen molar-refractivity contribution in [3.05, 3.63) is 24.6 Å². The Kier molecular flexibility index (Phi) is 19.0. The molecule has 0 atom stereocenters. The lowest BCUT2D eigenvalue weighted by Crippen LogP contribution is -2.07. The minimum absolute atomic E-state index is 0.720. The van der Waals surface area contributed by atoms with Gasteiger partial charge >= 0.3 is 0 Å². The van der Waals surface area contributed by atoms with E-state index in [0.717, 1.165) is 69.2 Å². The van der Waals surface area contributed by atoms with E-state index in [1.54, 1.807) is 0 Å². The van der Waals surface area contributed by atoms with Crippen molar-refractivity contribution >= 4 is 0 Å². The Balaban J connectivity index is 2.81. The molecule has 0 fully saturated rings. The van der Waals surface area contributed by atoms with E-state index in [2.05, 4.69) is 39.8 Å². The smallest absolute Gasteiger partial charge is 0.203 e. The molecule has 0 unspecified atom stereocenters. The lowest BCUT2D eigenvalue weighted by molar-refractivity contribution is 0.234. The van der Waals surface area contributed by atoms with Crippen LogP contribution in [0.15, 0.2) is 12.1 Å². The van der Waals surface area contributed by atoms with Gasteiger partial charge in [-0.15, -0.1) is 0 Å². The maximum absolute atomic E-state index is 6.31. The van der Waals surface area contributed by atoms with Gasteiger partial charge in [0, 0.05) is 0 Å². The highest BCUT2D eigenvalue weighted by Crippen LogP contribution is 2.40. The highest BCUT2D eigenvalue weighted by Gasteiger charge is 2.16. The van der Waals surface area contributed by atoms with Crippen LogP contribution in [-0.2, 0) is 6.42 Å². The molecule has 0 N–H and O–H groups in total. The molecule has 1 aromatic rings. The van der Waals surface area contributed by atoms with Crippen LogP contribution in [0.1, 0.15) is 129 Å². The van der Waals surface area contributed by atoms with E-state index in [1.165, 1.54) is 82.6 Å². The Morgan fingerprint density at radius 3 is 1.33 bits per heavy atom. The zero-order chi connectivity index (χ0) is 24.0. The van der Waals surface area contributed by atoms with E-state index in [9.17, 15) is 0 Å². The van der Waals surface area contributed by atoms with Gasteiger partial charge in [-0.3, -0.25) is 0 Å². The molecule has 0 saturated carbocycles. The fraction of sp³-hybridized carbons (Fsp3) is 0.767. The molecule has 3 heteroatoms. The van der Waals surface area contributed by atoms with Crippen molar-refractivity contribution in [2.24, 2.45) is 0 Å². The van der Waals surface area contributed by atoms with Crippen LogP contribution in [0.5, 0.6) is 17.2 Å². The summed E-state index contributed by atoms with van der Waals surface area (Å²) >= 11 is 0. The van der Waals surface area contributed by atoms with Crippen molar-refractivity contribution in [1.29, 1.82) is 0 Å². The third kappa shape index (κ3) is 14.5. The second-order valence-corrected chi connectivity index (χ2v) is 9.31. The van der Waals surface area contributed by atoms with E-state index in [1.807, 2.05) is 0 Å². The van der Waals surface area contributed by atoms with E-state index >= 15 is 0 Å². The van der Waals surface area contributed by atoms with Crippen LogP contribution in [0.2, 0.25) is 0 Å². The fourth-order valence-corrected chi connectivity index (χ4v) is 3.99. The Morgan fingerprint density at radius 2 is 0.939 bits per heavy atom. The predicted molar refractivity (Wildman–Crippen MR) is 143 cm³/mol. The van der Waals surface area contributed by atoms with Gasteiger partial charge in [-0.2, -0.15) is 0 Å². The summed E-state index contributed by atoms with van der Waals surface area (Å²) in [6.07, 6.45) is 20.3. The summed E-state index contributed by atoms with van der Waals surface area (Å²) in [6.45, 7) is 13.0. The Bertz CT molecular complexity index is 533. The number of hydrogen-bond donors (Lipinski definition) is 0. The molecule has 0 saturated heterocycles. The molecule has 191 valence electrons. The molecule has 33 heavy (non-hydrogen) atoms. The average Bonchev–Trinajstić information content (AvgIpc) is 2.82.